The van der Waals surface area contributed by atoms with E-state index in [1.807, 2.05) is 20.8 Å². The molecule has 0 spiro atoms. The monoisotopic (exact) mass is 276 g/mol. The molecule has 1 aromatic carbocycles. The van der Waals surface area contributed by atoms with E-state index in [2.05, 4.69) is 28.8 Å². The van der Waals surface area contributed by atoms with E-state index in [9.17, 15) is 4.79 Å². The number of rotatable bonds is 3. The molecular formula is C16H24N2O2. The Labute approximate surface area is 120 Å². The van der Waals surface area contributed by atoms with Crippen LogP contribution in [-0.2, 0) is 17.6 Å². The summed E-state index contributed by atoms with van der Waals surface area (Å²) in [5.41, 5.74) is 3.45. The molecule has 1 aromatic rings. The van der Waals surface area contributed by atoms with E-state index in [0.29, 0.717) is 6.54 Å². The minimum absolute atomic E-state index is 0.352. The van der Waals surface area contributed by atoms with Crippen LogP contribution in [0, 0.1) is 0 Å². The van der Waals surface area contributed by atoms with Crippen LogP contribution in [0.1, 0.15) is 38.3 Å². The minimum Gasteiger partial charge on any atom is -0.444 e. The first-order chi connectivity index (χ1) is 9.46. The molecule has 2 N–H and O–H groups in total. The Morgan fingerprint density at radius 2 is 2.20 bits per heavy atom. The number of benzene rings is 1. The van der Waals surface area contributed by atoms with E-state index in [1.54, 1.807) is 0 Å². The van der Waals surface area contributed by atoms with E-state index in [4.69, 9.17) is 4.74 Å². The topological polar surface area (TPSA) is 50.4 Å². The lowest BCUT2D eigenvalue weighted by Gasteiger charge is -2.22. The van der Waals surface area contributed by atoms with E-state index < -0.39 is 5.60 Å². The number of nitrogens with one attached hydrogen (secondary N) is 2. The molecule has 0 saturated heterocycles. The summed E-state index contributed by atoms with van der Waals surface area (Å²) in [6.45, 7) is 7.22. The zero-order valence-electron chi connectivity index (χ0n) is 12.6. The summed E-state index contributed by atoms with van der Waals surface area (Å²) in [6, 6.07) is 6.38. The molecule has 0 atom stereocenters. The molecule has 110 valence electrons. The maximum Gasteiger partial charge on any atom is 0.407 e. The van der Waals surface area contributed by atoms with Crippen molar-refractivity contribution in [2.45, 2.75) is 45.6 Å². The smallest absolute Gasteiger partial charge is 0.407 e. The molecule has 4 heteroatoms. The van der Waals surface area contributed by atoms with Crippen molar-refractivity contribution in [3.05, 3.63) is 29.3 Å². The Kier molecular flexibility index (Phi) is 4.53. The van der Waals surface area contributed by atoms with Gasteiger partial charge in [-0.25, -0.2) is 4.79 Å². The largest absolute Gasteiger partial charge is 0.444 e. The number of amides is 1. The van der Waals surface area contributed by atoms with E-state index >= 15 is 0 Å². The summed E-state index contributed by atoms with van der Waals surface area (Å²) in [6.07, 6.45) is 2.78. The Morgan fingerprint density at radius 3 is 2.95 bits per heavy atom. The highest BCUT2D eigenvalue weighted by Gasteiger charge is 2.16. The number of anilines is 1. The fourth-order valence-electron chi connectivity index (χ4n) is 2.40. The summed E-state index contributed by atoms with van der Waals surface area (Å²) >= 11 is 0. The Hall–Kier alpha value is -1.71. The van der Waals surface area contributed by atoms with Gasteiger partial charge in [-0.3, -0.25) is 0 Å². The van der Waals surface area contributed by atoms with Crippen LogP contribution in [0.3, 0.4) is 0 Å². The van der Waals surface area contributed by atoms with Crippen LogP contribution in [0.4, 0.5) is 10.5 Å². The van der Waals surface area contributed by atoms with Crippen LogP contribution >= 0.6 is 0 Å². The lowest BCUT2D eigenvalue weighted by molar-refractivity contribution is 0.0528. The molecule has 20 heavy (non-hydrogen) atoms. The molecule has 1 aliphatic heterocycles. The Balaban J connectivity index is 1.87. The fraction of sp³-hybridized carbons (Fsp3) is 0.562. The van der Waals surface area contributed by atoms with Gasteiger partial charge in [0.25, 0.3) is 0 Å². The summed E-state index contributed by atoms with van der Waals surface area (Å²) in [5, 5.41) is 6.27. The Morgan fingerprint density at radius 1 is 1.40 bits per heavy atom. The summed E-state index contributed by atoms with van der Waals surface area (Å²) in [5.74, 6) is 0. The zero-order chi connectivity index (χ0) is 14.6. The van der Waals surface area contributed by atoms with Crippen LogP contribution in [0.25, 0.3) is 0 Å². The quantitative estimate of drug-likeness (QED) is 0.892. The number of fused-ring (bicyclic) bond motifs is 1. The number of hydrogen-bond acceptors (Lipinski definition) is 3. The third kappa shape index (κ3) is 4.15. The van der Waals surface area contributed by atoms with Crippen LogP contribution < -0.4 is 10.6 Å². The van der Waals surface area contributed by atoms with Gasteiger partial charge in [-0.1, -0.05) is 18.2 Å². The second kappa shape index (κ2) is 6.16. The van der Waals surface area contributed by atoms with Crippen LogP contribution in [-0.4, -0.2) is 24.8 Å². The average molecular weight is 276 g/mol. The molecule has 0 aliphatic carbocycles. The third-order valence-corrected chi connectivity index (χ3v) is 3.22. The van der Waals surface area contributed by atoms with Crippen LogP contribution in [0.15, 0.2) is 18.2 Å². The second-order valence-electron chi connectivity index (χ2n) is 6.16. The van der Waals surface area contributed by atoms with Gasteiger partial charge in [-0.05, 0) is 51.2 Å². The lowest BCUT2D eigenvalue weighted by atomic mass is 9.98. The van der Waals surface area contributed by atoms with Crippen molar-refractivity contribution in [3.63, 3.8) is 0 Å². The normalized spacial score (nSPS) is 14.2. The molecule has 4 nitrogen and oxygen atoms in total. The van der Waals surface area contributed by atoms with Crippen molar-refractivity contribution in [1.82, 2.24) is 5.32 Å². The van der Waals surface area contributed by atoms with Crippen molar-refractivity contribution < 1.29 is 9.53 Å². The van der Waals surface area contributed by atoms with Gasteiger partial charge in [0, 0.05) is 18.8 Å². The minimum atomic E-state index is -0.447. The van der Waals surface area contributed by atoms with Gasteiger partial charge in [-0.2, -0.15) is 0 Å². The molecule has 0 aromatic heterocycles. The SMILES string of the molecule is CC(C)(C)OC(=O)NCCc1cccc2c1NCCC2. The molecule has 0 unspecified atom stereocenters. The summed E-state index contributed by atoms with van der Waals surface area (Å²) in [4.78, 5) is 11.6. The molecule has 0 bridgehead atoms. The highest BCUT2D eigenvalue weighted by atomic mass is 16.6. The van der Waals surface area contributed by atoms with E-state index in [0.717, 1.165) is 19.4 Å². The Bertz CT molecular complexity index is 478. The standard InChI is InChI=1S/C16H24N2O2/c1-16(2,3)20-15(19)18-11-9-13-7-4-6-12-8-5-10-17-14(12)13/h4,6-7,17H,5,8-11H2,1-3H3,(H,18,19). The van der Waals surface area contributed by atoms with Gasteiger partial charge in [-0.15, -0.1) is 0 Å². The predicted molar refractivity (Wildman–Crippen MR) is 81.2 cm³/mol. The van der Waals surface area contributed by atoms with Crippen molar-refractivity contribution >= 4 is 11.8 Å². The average Bonchev–Trinajstić information content (AvgIpc) is 2.37. The third-order valence-electron chi connectivity index (χ3n) is 3.22. The first-order valence-electron chi connectivity index (χ1n) is 7.27. The molecule has 1 aliphatic rings. The van der Waals surface area contributed by atoms with Gasteiger partial charge in [0.1, 0.15) is 5.60 Å². The molecule has 0 radical (unpaired) electrons. The predicted octanol–water partition coefficient (Wildman–Crippen LogP) is 3.11. The number of aryl methyl sites for hydroxylation is 1. The number of carbonyl (C=O) groups excluding carboxylic acids is 1. The van der Waals surface area contributed by atoms with Crippen molar-refractivity contribution in [2.75, 3.05) is 18.4 Å². The zero-order valence-corrected chi connectivity index (χ0v) is 12.6. The van der Waals surface area contributed by atoms with Crippen molar-refractivity contribution in [1.29, 1.82) is 0 Å². The second-order valence-corrected chi connectivity index (χ2v) is 6.16. The van der Waals surface area contributed by atoms with Gasteiger partial charge in [0.05, 0.1) is 0 Å². The first-order valence-corrected chi connectivity index (χ1v) is 7.27. The molecule has 1 heterocycles. The van der Waals surface area contributed by atoms with Gasteiger partial charge >= 0.3 is 6.09 Å². The molecule has 1 amide bonds. The highest BCUT2D eigenvalue weighted by molar-refractivity contribution is 5.67. The van der Waals surface area contributed by atoms with Crippen molar-refractivity contribution in [2.24, 2.45) is 0 Å². The maximum absolute atomic E-state index is 11.6. The number of para-hydroxylation sites is 1. The molecule has 0 fully saturated rings. The van der Waals surface area contributed by atoms with Crippen LogP contribution in [0.5, 0.6) is 0 Å². The first kappa shape index (κ1) is 14.7. The molecule has 0 saturated carbocycles. The molecular weight excluding hydrogens is 252 g/mol. The fourth-order valence-corrected chi connectivity index (χ4v) is 2.40. The summed E-state index contributed by atoms with van der Waals surface area (Å²) < 4.78 is 5.22. The van der Waals surface area contributed by atoms with Gasteiger partial charge in [0.2, 0.25) is 0 Å². The van der Waals surface area contributed by atoms with Gasteiger partial charge < -0.3 is 15.4 Å². The van der Waals surface area contributed by atoms with E-state index in [1.165, 1.54) is 23.2 Å². The van der Waals surface area contributed by atoms with Crippen molar-refractivity contribution in [3.8, 4) is 0 Å². The van der Waals surface area contributed by atoms with E-state index in [-0.39, 0.29) is 6.09 Å². The van der Waals surface area contributed by atoms with Gasteiger partial charge in [0.15, 0.2) is 0 Å². The van der Waals surface area contributed by atoms with Crippen LogP contribution in [0.2, 0.25) is 0 Å². The number of carbonyl (C=O) groups is 1. The maximum atomic E-state index is 11.6. The summed E-state index contributed by atoms with van der Waals surface area (Å²) in [7, 11) is 0. The molecule has 2 rings (SSSR count). The number of ether oxygens (including phenoxy) is 1. The highest BCUT2D eigenvalue weighted by Crippen LogP contribution is 2.26. The number of hydrogen-bond donors (Lipinski definition) is 2. The number of alkyl carbamates (subject to hydrolysis) is 1. The lowest BCUT2D eigenvalue weighted by Crippen LogP contribution is -2.33.